The Bertz CT molecular complexity index is 396. The number of rotatable bonds is 6. The van der Waals surface area contributed by atoms with E-state index in [1.807, 2.05) is 0 Å². The second kappa shape index (κ2) is 5.75. The van der Waals surface area contributed by atoms with Crippen LogP contribution in [0.5, 0.6) is 0 Å². The van der Waals surface area contributed by atoms with Gasteiger partial charge in [-0.05, 0) is 44.7 Å². The largest absolute Gasteiger partial charge is 0.370 e. The molecule has 1 saturated carbocycles. The summed E-state index contributed by atoms with van der Waals surface area (Å²) in [5.41, 5.74) is 4.08. The molecule has 0 aromatic heterocycles. The number of likely N-dealkylation sites (N-methyl/N-ethyl adjacent to an activating group) is 1. The van der Waals surface area contributed by atoms with Gasteiger partial charge < -0.3 is 10.2 Å². The molecule has 2 rings (SSSR count). The molecular formula is C16H26N2. The fourth-order valence-corrected chi connectivity index (χ4v) is 2.54. The highest BCUT2D eigenvalue weighted by Crippen LogP contribution is 2.23. The summed E-state index contributed by atoms with van der Waals surface area (Å²) < 4.78 is 0. The molecule has 1 unspecified atom stereocenters. The molecule has 0 saturated heterocycles. The van der Waals surface area contributed by atoms with Gasteiger partial charge in [-0.25, -0.2) is 0 Å². The number of hydrogen-bond donors (Lipinski definition) is 1. The maximum atomic E-state index is 3.65. The second-order valence-electron chi connectivity index (χ2n) is 5.65. The topological polar surface area (TPSA) is 15.3 Å². The van der Waals surface area contributed by atoms with Gasteiger partial charge in [0.2, 0.25) is 0 Å². The molecule has 1 N–H and O–H groups in total. The van der Waals surface area contributed by atoms with Crippen molar-refractivity contribution in [2.75, 3.05) is 18.5 Å². The Kier molecular flexibility index (Phi) is 4.28. The van der Waals surface area contributed by atoms with Crippen LogP contribution in [-0.4, -0.2) is 25.7 Å². The molecule has 0 amide bonds. The Morgan fingerprint density at radius 2 is 2.06 bits per heavy atom. The van der Waals surface area contributed by atoms with Crippen LogP contribution in [0.3, 0.4) is 0 Å². The van der Waals surface area contributed by atoms with E-state index in [0.29, 0.717) is 6.04 Å². The van der Waals surface area contributed by atoms with Gasteiger partial charge in [0.05, 0.1) is 0 Å². The van der Waals surface area contributed by atoms with Crippen LogP contribution in [0, 0.1) is 13.8 Å². The third-order valence-electron chi connectivity index (χ3n) is 3.97. The Labute approximate surface area is 111 Å². The van der Waals surface area contributed by atoms with Crippen LogP contribution in [0.25, 0.3) is 0 Å². The zero-order chi connectivity index (χ0) is 13.1. The van der Waals surface area contributed by atoms with Gasteiger partial charge in [-0.1, -0.05) is 24.6 Å². The summed E-state index contributed by atoms with van der Waals surface area (Å²) in [5.74, 6) is 0. The summed E-state index contributed by atoms with van der Waals surface area (Å²) in [6, 6.07) is 8.12. The minimum absolute atomic E-state index is 0.590. The predicted molar refractivity (Wildman–Crippen MR) is 79.4 cm³/mol. The van der Waals surface area contributed by atoms with Gasteiger partial charge in [0.15, 0.2) is 0 Å². The van der Waals surface area contributed by atoms with Gasteiger partial charge in [-0.3, -0.25) is 0 Å². The molecule has 2 nitrogen and oxygen atoms in total. The van der Waals surface area contributed by atoms with Crippen molar-refractivity contribution in [1.29, 1.82) is 0 Å². The van der Waals surface area contributed by atoms with Crippen LogP contribution in [0.15, 0.2) is 18.2 Å². The molecule has 2 heteroatoms. The van der Waals surface area contributed by atoms with E-state index in [1.165, 1.54) is 36.1 Å². The van der Waals surface area contributed by atoms with Crippen LogP contribution in [0.4, 0.5) is 5.69 Å². The highest BCUT2D eigenvalue weighted by molar-refractivity contribution is 5.54. The summed E-state index contributed by atoms with van der Waals surface area (Å²) in [6.07, 6.45) is 3.91. The molecular weight excluding hydrogens is 220 g/mol. The summed E-state index contributed by atoms with van der Waals surface area (Å²) in [6.45, 7) is 7.74. The molecule has 18 heavy (non-hydrogen) atoms. The Hall–Kier alpha value is -1.02. The molecule has 1 aromatic carbocycles. The van der Waals surface area contributed by atoms with Crippen molar-refractivity contribution in [2.24, 2.45) is 0 Å². The van der Waals surface area contributed by atoms with Crippen LogP contribution < -0.4 is 10.2 Å². The number of anilines is 1. The first kappa shape index (κ1) is 13.4. The fraction of sp³-hybridized carbons (Fsp3) is 0.625. The summed E-state index contributed by atoms with van der Waals surface area (Å²) >= 11 is 0. The van der Waals surface area contributed by atoms with Gasteiger partial charge >= 0.3 is 0 Å². The quantitative estimate of drug-likeness (QED) is 0.828. The lowest BCUT2D eigenvalue weighted by atomic mass is 10.1. The highest BCUT2D eigenvalue weighted by Gasteiger charge is 2.23. The van der Waals surface area contributed by atoms with Crippen molar-refractivity contribution in [3.63, 3.8) is 0 Å². The number of nitrogens with one attached hydrogen (secondary N) is 1. The van der Waals surface area contributed by atoms with Gasteiger partial charge in [0.25, 0.3) is 0 Å². The Morgan fingerprint density at radius 1 is 1.33 bits per heavy atom. The standard InChI is InChI=1S/C16H26N2/c1-5-15(11-17-14-7-8-14)18(4)16-9-6-12(2)10-13(16)3/h6,9-10,14-15,17H,5,7-8,11H2,1-4H3. The predicted octanol–water partition coefficient (Wildman–Crippen LogP) is 3.27. The fourth-order valence-electron chi connectivity index (χ4n) is 2.54. The Balaban J connectivity index is 2.03. The molecule has 1 fully saturated rings. The minimum Gasteiger partial charge on any atom is -0.370 e. The molecule has 100 valence electrons. The molecule has 0 aliphatic heterocycles. The van der Waals surface area contributed by atoms with E-state index in [2.05, 4.69) is 56.2 Å². The van der Waals surface area contributed by atoms with E-state index in [1.54, 1.807) is 0 Å². The van der Waals surface area contributed by atoms with Crippen molar-refractivity contribution >= 4 is 5.69 Å². The number of benzene rings is 1. The second-order valence-corrected chi connectivity index (χ2v) is 5.65. The summed E-state index contributed by atoms with van der Waals surface area (Å²) in [4.78, 5) is 2.43. The lowest BCUT2D eigenvalue weighted by Gasteiger charge is -2.31. The van der Waals surface area contributed by atoms with Crippen molar-refractivity contribution in [2.45, 2.75) is 52.1 Å². The summed E-state index contributed by atoms with van der Waals surface area (Å²) in [5, 5.41) is 3.65. The maximum absolute atomic E-state index is 3.65. The summed E-state index contributed by atoms with van der Waals surface area (Å²) in [7, 11) is 2.22. The number of nitrogens with zero attached hydrogens (tertiary/aromatic N) is 1. The first-order chi connectivity index (χ1) is 8.61. The van der Waals surface area contributed by atoms with Gasteiger partial charge in [-0.2, -0.15) is 0 Å². The first-order valence-electron chi connectivity index (χ1n) is 7.15. The van der Waals surface area contributed by atoms with E-state index < -0.39 is 0 Å². The highest BCUT2D eigenvalue weighted by atomic mass is 15.2. The van der Waals surface area contributed by atoms with Gasteiger partial charge in [-0.15, -0.1) is 0 Å². The van der Waals surface area contributed by atoms with Crippen molar-refractivity contribution in [3.8, 4) is 0 Å². The lowest BCUT2D eigenvalue weighted by molar-refractivity contribution is 0.538. The van der Waals surface area contributed by atoms with Gasteiger partial charge in [0.1, 0.15) is 0 Å². The first-order valence-corrected chi connectivity index (χ1v) is 7.15. The zero-order valence-electron chi connectivity index (χ0n) is 12.2. The van der Waals surface area contributed by atoms with E-state index in [9.17, 15) is 0 Å². The van der Waals surface area contributed by atoms with Crippen LogP contribution in [-0.2, 0) is 0 Å². The SMILES string of the molecule is CCC(CNC1CC1)N(C)c1ccc(C)cc1C. The van der Waals surface area contributed by atoms with Crippen LogP contribution in [0.1, 0.15) is 37.3 Å². The van der Waals surface area contributed by atoms with E-state index in [-0.39, 0.29) is 0 Å². The smallest absolute Gasteiger partial charge is 0.0408 e. The molecule has 1 aliphatic carbocycles. The van der Waals surface area contributed by atoms with Crippen LogP contribution in [0.2, 0.25) is 0 Å². The molecule has 0 heterocycles. The van der Waals surface area contributed by atoms with Crippen molar-refractivity contribution in [3.05, 3.63) is 29.3 Å². The van der Waals surface area contributed by atoms with Crippen molar-refractivity contribution in [1.82, 2.24) is 5.32 Å². The van der Waals surface area contributed by atoms with E-state index in [0.717, 1.165) is 12.6 Å². The molecule has 0 bridgehead atoms. The average Bonchev–Trinajstić information content (AvgIpc) is 3.13. The number of aryl methyl sites for hydroxylation is 2. The maximum Gasteiger partial charge on any atom is 0.0408 e. The lowest BCUT2D eigenvalue weighted by Crippen LogP contribution is -2.40. The third-order valence-corrected chi connectivity index (χ3v) is 3.97. The van der Waals surface area contributed by atoms with E-state index >= 15 is 0 Å². The molecule has 1 aliphatic rings. The van der Waals surface area contributed by atoms with Crippen LogP contribution >= 0.6 is 0 Å². The third kappa shape index (κ3) is 3.26. The molecule has 1 aromatic rings. The monoisotopic (exact) mass is 246 g/mol. The molecule has 0 spiro atoms. The van der Waals surface area contributed by atoms with Gasteiger partial charge in [0, 0.05) is 31.4 Å². The van der Waals surface area contributed by atoms with E-state index in [4.69, 9.17) is 0 Å². The molecule has 1 atom stereocenters. The number of hydrogen-bond acceptors (Lipinski definition) is 2. The minimum atomic E-state index is 0.590. The Morgan fingerprint density at radius 3 is 2.61 bits per heavy atom. The molecule has 0 radical (unpaired) electrons. The normalized spacial score (nSPS) is 16.7. The van der Waals surface area contributed by atoms with Crippen molar-refractivity contribution < 1.29 is 0 Å². The average molecular weight is 246 g/mol. The zero-order valence-corrected chi connectivity index (χ0v) is 12.2.